The molecule has 0 saturated heterocycles. The second-order valence-electron chi connectivity index (χ2n) is 7.05. The van der Waals surface area contributed by atoms with Crippen molar-refractivity contribution >= 4 is 5.97 Å². The van der Waals surface area contributed by atoms with Crippen molar-refractivity contribution < 1.29 is 33.6 Å². The van der Waals surface area contributed by atoms with Crippen LogP contribution in [0.4, 0.5) is 4.39 Å². The van der Waals surface area contributed by atoms with Gasteiger partial charge in [-0.3, -0.25) is 0 Å². The van der Waals surface area contributed by atoms with Crippen LogP contribution in [0.1, 0.15) is 32.6 Å². The summed E-state index contributed by atoms with van der Waals surface area (Å²) in [5.41, 5.74) is 1.55. The molecule has 0 saturated carbocycles. The molecule has 31 heavy (non-hydrogen) atoms. The van der Waals surface area contributed by atoms with Gasteiger partial charge < -0.3 is 24.4 Å². The van der Waals surface area contributed by atoms with Gasteiger partial charge in [0.25, 0.3) is 0 Å². The summed E-state index contributed by atoms with van der Waals surface area (Å²) < 4.78 is 31.9. The lowest BCUT2D eigenvalue weighted by molar-refractivity contribution is 0.0691. The fourth-order valence-electron chi connectivity index (χ4n) is 3.19. The number of carbonyl (C=O) groups is 1. The van der Waals surface area contributed by atoms with Gasteiger partial charge in [-0.15, -0.1) is 0 Å². The van der Waals surface area contributed by atoms with Crippen molar-refractivity contribution in [2.45, 2.75) is 27.4 Å². The maximum absolute atomic E-state index is 14.8. The molecule has 162 valence electrons. The summed E-state index contributed by atoms with van der Waals surface area (Å²) in [7, 11) is 1.50. The average molecular weight is 426 g/mol. The van der Waals surface area contributed by atoms with E-state index in [-0.39, 0.29) is 22.6 Å². The number of phenols is 1. The molecule has 0 fully saturated rings. The second kappa shape index (κ2) is 8.95. The molecular weight excluding hydrogens is 403 g/mol. The van der Waals surface area contributed by atoms with Gasteiger partial charge in [-0.05, 0) is 37.5 Å². The Morgan fingerprint density at radius 3 is 2.26 bits per heavy atom. The predicted molar refractivity (Wildman–Crippen MR) is 113 cm³/mol. The number of benzene rings is 3. The minimum absolute atomic E-state index is 0.211. The van der Waals surface area contributed by atoms with E-state index in [1.54, 1.807) is 19.1 Å². The number of ether oxygens (including phenoxy) is 3. The topological polar surface area (TPSA) is 85.2 Å². The van der Waals surface area contributed by atoms with Crippen LogP contribution in [0.5, 0.6) is 28.7 Å². The highest BCUT2D eigenvalue weighted by Gasteiger charge is 2.26. The van der Waals surface area contributed by atoms with Gasteiger partial charge in [-0.1, -0.05) is 30.3 Å². The van der Waals surface area contributed by atoms with Crippen LogP contribution in [0.25, 0.3) is 0 Å². The molecule has 0 radical (unpaired) electrons. The zero-order valence-corrected chi connectivity index (χ0v) is 17.7. The van der Waals surface area contributed by atoms with E-state index >= 15 is 0 Å². The van der Waals surface area contributed by atoms with Gasteiger partial charge in [0.15, 0.2) is 11.5 Å². The van der Waals surface area contributed by atoms with Crippen molar-refractivity contribution in [1.82, 2.24) is 0 Å². The molecule has 0 aliphatic heterocycles. The van der Waals surface area contributed by atoms with Gasteiger partial charge in [-0.25, -0.2) is 4.79 Å². The lowest BCUT2D eigenvalue weighted by atomic mass is 10.0. The zero-order chi connectivity index (χ0) is 22.7. The van der Waals surface area contributed by atoms with E-state index in [2.05, 4.69) is 0 Å². The molecule has 0 aliphatic carbocycles. The highest BCUT2D eigenvalue weighted by Crippen LogP contribution is 2.42. The van der Waals surface area contributed by atoms with Gasteiger partial charge in [0.1, 0.15) is 29.4 Å². The fraction of sp³-hybridized carbons (Fsp3) is 0.208. The molecule has 0 aliphatic rings. The minimum Gasteiger partial charge on any atom is -0.504 e. The van der Waals surface area contributed by atoms with Crippen molar-refractivity contribution in [2.24, 2.45) is 0 Å². The first-order valence-electron chi connectivity index (χ1n) is 9.52. The van der Waals surface area contributed by atoms with Gasteiger partial charge >= 0.3 is 5.97 Å². The molecule has 0 atom stereocenters. The largest absolute Gasteiger partial charge is 0.504 e. The van der Waals surface area contributed by atoms with Crippen LogP contribution in [0.15, 0.2) is 42.5 Å². The minimum atomic E-state index is -1.42. The smallest absolute Gasteiger partial charge is 0.339 e. The van der Waals surface area contributed by atoms with Gasteiger partial charge in [-0.2, -0.15) is 4.39 Å². The van der Waals surface area contributed by atoms with Gasteiger partial charge in [0.05, 0.1) is 7.11 Å². The summed E-state index contributed by atoms with van der Waals surface area (Å²) in [6, 6.07) is 12.9. The van der Waals surface area contributed by atoms with Crippen LogP contribution in [-0.2, 0) is 6.61 Å². The van der Waals surface area contributed by atoms with Crippen molar-refractivity contribution in [3.8, 4) is 28.7 Å². The zero-order valence-electron chi connectivity index (χ0n) is 17.7. The first-order chi connectivity index (χ1) is 14.7. The van der Waals surface area contributed by atoms with E-state index in [1.807, 2.05) is 30.3 Å². The molecule has 3 aromatic carbocycles. The Kier molecular flexibility index (Phi) is 6.34. The lowest BCUT2D eigenvalue weighted by Gasteiger charge is -2.18. The van der Waals surface area contributed by atoms with Crippen molar-refractivity contribution in [3.05, 3.63) is 76.1 Å². The molecule has 0 bridgehead atoms. The molecular formula is C24H23FO6. The number of hydrogen-bond donors (Lipinski definition) is 2. The van der Waals surface area contributed by atoms with Gasteiger partial charge in [0.2, 0.25) is 5.82 Å². The Bertz CT molecular complexity index is 1100. The standard InChI is InChI=1S/C24H23FO6/c1-13-14(2)23(21(25)22(26)20(13)24(27)28)31-19-11-17(10-18(29-4)15(19)3)30-12-16-8-6-5-7-9-16/h5-11,26H,12H2,1-4H3,(H,27,28). The van der Waals surface area contributed by atoms with E-state index in [9.17, 15) is 19.4 Å². The Hall–Kier alpha value is -3.74. The summed E-state index contributed by atoms with van der Waals surface area (Å²) in [5.74, 6) is -2.61. The summed E-state index contributed by atoms with van der Waals surface area (Å²) in [6.07, 6.45) is 0. The third-order valence-corrected chi connectivity index (χ3v) is 5.10. The van der Waals surface area contributed by atoms with E-state index in [0.29, 0.717) is 23.7 Å². The van der Waals surface area contributed by atoms with E-state index in [0.717, 1.165) is 5.56 Å². The van der Waals surface area contributed by atoms with Gasteiger partial charge in [0, 0.05) is 17.7 Å². The van der Waals surface area contributed by atoms with E-state index < -0.39 is 23.1 Å². The molecule has 3 rings (SSSR count). The van der Waals surface area contributed by atoms with Crippen molar-refractivity contribution in [1.29, 1.82) is 0 Å². The Labute approximate surface area is 179 Å². The summed E-state index contributed by atoms with van der Waals surface area (Å²) in [6.45, 7) is 5.06. The molecule has 7 heteroatoms. The van der Waals surface area contributed by atoms with Crippen LogP contribution < -0.4 is 14.2 Å². The van der Waals surface area contributed by atoms with E-state index in [1.165, 1.54) is 21.0 Å². The fourth-order valence-corrected chi connectivity index (χ4v) is 3.19. The number of aromatic carboxylic acids is 1. The quantitative estimate of drug-likeness (QED) is 0.516. The van der Waals surface area contributed by atoms with Crippen molar-refractivity contribution in [2.75, 3.05) is 7.11 Å². The maximum atomic E-state index is 14.8. The normalized spacial score (nSPS) is 10.6. The summed E-state index contributed by atoms with van der Waals surface area (Å²) >= 11 is 0. The number of carboxylic acid groups (broad SMARTS) is 1. The molecule has 0 spiro atoms. The second-order valence-corrected chi connectivity index (χ2v) is 7.05. The predicted octanol–water partition coefficient (Wildman–Crippen LogP) is 5.53. The Morgan fingerprint density at radius 1 is 1.00 bits per heavy atom. The molecule has 0 heterocycles. The first kappa shape index (κ1) is 22.0. The lowest BCUT2D eigenvalue weighted by Crippen LogP contribution is -2.06. The number of aromatic hydroxyl groups is 1. The van der Waals surface area contributed by atoms with Crippen LogP contribution in [-0.4, -0.2) is 23.3 Å². The summed E-state index contributed by atoms with van der Waals surface area (Å²) in [5, 5.41) is 19.4. The van der Waals surface area contributed by atoms with Crippen molar-refractivity contribution in [3.63, 3.8) is 0 Å². The monoisotopic (exact) mass is 426 g/mol. The average Bonchev–Trinajstić information content (AvgIpc) is 2.76. The molecule has 6 nitrogen and oxygen atoms in total. The maximum Gasteiger partial charge on any atom is 0.339 e. The third-order valence-electron chi connectivity index (χ3n) is 5.10. The number of rotatable bonds is 7. The molecule has 3 aromatic rings. The number of hydrogen-bond acceptors (Lipinski definition) is 5. The molecule has 2 N–H and O–H groups in total. The first-order valence-corrected chi connectivity index (χ1v) is 9.52. The highest BCUT2D eigenvalue weighted by molar-refractivity contribution is 5.93. The van der Waals surface area contributed by atoms with E-state index in [4.69, 9.17) is 14.2 Å². The van der Waals surface area contributed by atoms with Crippen LogP contribution in [0, 0.1) is 26.6 Å². The molecule has 0 amide bonds. The number of methoxy groups -OCH3 is 1. The SMILES string of the molecule is COc1cc(OCc2ccccc2)cc(Oc2c(C)c(C)c(C(=O)O)c(O)c2F)c1C. The van der Waals surface area contributed by atoms with Crippen LogP contribution >= 0.6 is 0 Å². The third kappa shape index (κ3) is 4.40. The molecule has 0 aromatic heterocycles. The summed E-state index contributed by atoms with van der Waals surface area (Å²) in [4.78, 5) is 11.4. The number of carboxylic acids is 1. The number of halogens is 1. The van der Waals surface area contributed by atoms with Crippen LogP contribution in [0.2, 0.25) is 0 Å². The van der Waals surface area contributed by atoms with Crippen LogP contribution in [0.3, 0.4) is 0 Å². The highest BCUT2D eigenvalue weighted by atomic mass is 19.1. The Balaban J connectivity index is 2.00. The molecule has 0 unspecified atom stereocenters. The Morgan fingerprint density at radius 2 is 1.65 bits per heavy atom.